The van der Waals surface area contributed by atoms with E-state index < -0.39 is 5.82 Å². The summed E-state index contributed by atoms with van der Waals surface area (Å²) < 4.78 is 15.0. The number of rotatable bonds is 6. The minimum Gasteiger partial charge on any atom is -0.325 e. The third-order valence-electron chi connectivity index (χ3n) is 4.95. The summed E-state index contributed by atoms with van der Waals surface area (Å²) in [6.07, 6.45) is 5.39. The van der Waals surface area contributed by atoms with Gasteiger partial charge in [0.2, 0.25) is 5.91 Å². The summed E-state index contributed by atoms with van der Waals surface area (Å²) in [5, 5.41) is 3.28. The molecule has 2 aromatic heterocycles. The van der Waals surface area contributed by atoms with E-state index in [0.717, 1.165) is 42.6 Å². The summed E-state index contributed by atoms with van der Waals surface area (Å²) in [7, 11) is 0. The molecule has 0 unspecified atom stereocenters. The van der Waals surface area contributed by atoms with Crippen LogP contribution in [0.25, 0.3) is 0 Å². The first-order valence-corrected chi connectivity index (χ1v) is 10.8. The Morgan fingerprint density at radius 3 is 2.83 bits per heavy atom. The predicted molar refractivity (Wildman–Crippen MR) is 114 cm³/mol. The molecule has 3 aromatic rings. The normalized spacial score (nSPS) is 13.0. The molecule has 1 aliphatic carbocycles. The first-order chi connectivity index (χ1) is 14.6. The molecule has 1 amide bonds. The van der Waals surface area contributed by atoms with Crippen LogP contribution >= 0.6 is 11.8 Å². The molecule has 4 rings (SSSR count). The van der Waals surface area contributed by atoms with Gasteiger partial charge in [0.05, 0.1) is 18.0 Å². The molecular formula is C22H21FN4O2S. The van der Waals surface area contributed by atoms with E-state index in [0.29, 0.717) is 17.3 Å². The molecule has 0 fully saturated rings. The van der Waals surface area contributed by atoms with Crippen LogP contribution in [0, 0.1) is 5.82 Å². The zero-order valence-corrected chi connectivity index (χ0v) is 17.1. The SMILES string of the molecule is O=C(CSc1nc(=O)n(Cc2ccccn2)c2c1CCCC2)Nc1cccc(F)c1. The number of anilines is 1. The molecule has 0 saturated heterocycles. The van der Waals surface area contributed by atoms with Crippen LogP contribution in [0.15, 0.2) is 58.5 Å². The number of amides is 1. The highest BCUT2D eigenvalue weighted by molar-refractivity contribution is 8.00. The predicted octanol–water partition coefficient (Wildman–Crippen LogP) is 3.44. The van der Waals surface area contributed by atoms with Gasteiger partial charge in [0.1, 0.15) is 10.8 Å². The number of nitrogens with zero attached hydrogens (tertiary/aromatic N) is 3. The van der Waals surface area contributed by atoms with E-state index >= 15 is 0 Å². The van der Waals surface area contributed by atoms with Gasteiger partial charge in [-0.1, -0.05) is 23.9 Å². The molecule has 2 heterocycles. The lowest BCUT2D eigenvalue weighted by Gasteiger charge is -2.22. The summed E-state index contributed by atoms with van der Waals surface area (Å²) in [6, 6.07) is 11.4. The van der Waals surface area contributed by atoms with Crippen molar-refractivity contribution in [2.24, 2.45) is 0 Å². The molecule has 0 radical (unpaired) electrons. The van der Waals surface area contributed by atoms with Crippen LogP contribution in [0.5, 0.6) is 0 Å². The fourth-order valence-electron chi connectivity index (χ4n) is 3.58. The molecule has 0 saturated carbocycles. The van der Waals surface area contributed by atoms with Crippen LogP contribution in [0.1, 0.15) is 29.8 Å². The number of carbonyl (C=O) groups excluding carboxylic acids is 1. The van der Waals surface area contributed by atoms with Gasteiger partial charge in [-0.25, -0.2) is 9.18 Å². The molecule has 0 aliphatic heterocycles. The molecule has 1 aliphatic rings. The van der Waals surface area contributed by atoms with Gasteiger partial charge >= 0.3 is 5.69 Å². The van der Waals surface area contributed by atoms with Crippen molar-refractivity contribution in [3.05, 3.63) is 81.9 Å². The molecule has 0 spiro atoms. The third-order valence-corrected chi connectivity index (χ3v) is 5.96. The number of nitrogens with one attached hydrogen (secondary N) is 1. The van der Waals surface area contributed by atoms with Crippen molar-refractivity contribution in [3.8, 4) is 0 Å². The average Bonchev–Trinajstić information content (AvgIpc) is 2.75. The Morgan fingerprint density at radius 2 is 2.03 bits per heavy atom. The minimum absolute atomic E-state index is 0.0969. The van der Waals surface area contributed by atoms with Crippen molar-refractivity contribution < 1.29 is 9.18 Å². The maximum atomic E-state index is 13.3. The lowest BCUT2D eigenvalue weighted by atomic mass is 9.97. The highest BCUT2D eigenvalue weighted by Gasteiger charge is 2.21. The summed E-state index contributed by atoms with van der Waals surface area (Å²) in [5.41, 5.74) is 2.92. The quantitative estimate of drug-likeness (QED) is 0.485. The lowest BCUT2D eigenvalue weighted by molar-refractivity contribution is -0.113. The van der Waals surface area contributed by atoms with Gasteiger partial charge in [0.25, 0.3) is 0 Å². The number of hydrogen-bond donors (Lipinski definition) is 1. The first kappa shape index (κ1) is 20.3. The molecule has 154 valence electrons. The topological polar surface area (TPSA) is 76.9 Å². The van der Waals surface area contributed by atoms with Crippen molar-refractivity contribution in [3.63, 3.8) is 0 Å². The van der Waals surface area contributed by atoms with Crippen LogP contribution in [0.3, 0.4) is 0 Å². The van der Waals surface area contributed by atoms with Crippen molar-refractivity contribution in [2.45, 2.75) is 37.3 Å². The van der Waals surface area contributed by atoms with E-state index in [2.05, 4.69) is 15.3 Å². The van der Waals surface area contributed by atoms with E-state index in [9.17, 15) is 14.0 Å². The number of pyridine rings is 1. The van der Waals surface area contributed by atoms with Crippen LogP contribution in [-0.4, -0.2) is 26.2 Å². The van der Waals surface area contributed by atoms with Crippen molar-refractivity contribution in [1.29, 1.82) is 0 Å². The Bertz CT molecular complexity index is 1120. The van der Waals surface area contributed by atoms with Crippen LogP contribution < -0.4 is 11.0 Å². The minimum atomic E-state index is -0.410. The van der Waals surface area contributed by atoms with Gasteiger partial charge in [-0.3, -0.25) is 14.3 Å². The number of hydrogen-bond acceptors (Lipinski definition) is 5. The van der Waals surface area contributed by atoms with Crippen LogP contribution in [0.4, 0.5) is 10.1 Å². The van der Waals surface area contributed by atoms with E-state index in [1.54, 1.807) is 16.8 Å². The molecule has 1 N–H and O–H groups in total. The number of carbonyl (C=O) groups is 1. The van der Waals surface area contributed by atoms with Gasteiger partial charge in [0, 0.05) is 23.1 Å². The average molecular weight is 425 g/mol. The second-order valence-electron chi connectivity index (χ2n) is 7.09. The maximum absolute atomic E-state index is 13.3. The Balaban J connectivity index is 1.53. The Morgan fingerprint density at radius 1 is 1.17 bits per heavy atom. The monoisotopic (exact) mass is 424 g/mol. The van der Waals surface area contributed by atoms with Gasteiger partial charge in [-0.2, -0.15) is 4.98 Å². The molecule has 0 bridgehead atoms. The summed E-state index contributed by atoms with van der Waals surface area (Å²) >= 11 is 1.25. The van der Waals surface area contributed by atoms with Crippen molar-refractivity contribution in [1.82, 2.24) is 14.5 Å². The Kier molecular flexibility index (Phi) is 6.23. The van der Waals surface area contributed by atoms with Gasteiger partial charge in [-0.05, 0) is 56.0 Å². The van der Waals surface area contributed by atoms with E-state index in [1.807, 2.05) is 18.2 Å². The van der Waals surface area contributed by atoms with Crippen molar-refractivity contribution in [2.75, 3.05) is 11.1 Å². The Hall–Kier alpha value is -3.00. The zero-order chi connectivity index (χ0) is 20.9. The number of thioether (sulfide) groups is 1. The second kappa shape index (κ2) is 9.21. The highest BCUT2D eigenvalue weighted by Crippen LogP contribution is 2.28. The van der Waals surface area contributed by atoms with Crippen LogP contribution in [-0.2, 0) is 24.2 Å². The fourth-order valence-corrected chi connectivity index (χ4v) is 4.46. The number of fused-ring (bicyclic) bond motifs is 1. The Labute approximate surface area is 177 Å². The first-order valence-electron chi connectivity index (χ1n) is 9.81. The molecule has 30 heavy (non-hydrogen) atoms. The van der Waals surface area contributed by atoms with E-state index in [-0.39, 0.29) is 17.3 Å². The second-order valence-corrected chi connectivity index (χ2v) is 8.05. The largest absolute Gasteiger partial charge is 0.349 e. The molecular weight excluding hydrogens is 403 g/mol. The third kappa shape index (κ3) is 4.76. The van der Waals surface area contributed by atoms with Gasteiger partial charge in [-0.15, -0.1) is 0 Å². The summed E-state index contributed by atoms with van der Waals surface area (Å²) in [6.45, 7) is 0.389. The standard InChI is InChI=1S/C22H21FN4O2S/c23-15-6-5-8-16(12-15)25-20(28)14-30-21-18-9-1-2-10-19(18)27(22(29)26-21)13-17-7-3-4-11-24-17/h3-8,11-12H,1-2,9-10,13-14H2,(H,25,28). The lowest BCUT2D eigenvalue weighted by Crippen LogP contribution is -2.31. The number of halogens is 1. The van der Waals surface area contributed by atoms with E-state index in [4.69, 9.17) is 0 Å². The summed E-state index contributed by atoms with van der Waals surface area (Å²) in [5.74, 6) is -0.582. The fraction of sp³-hybridized carbons (Fsp3) is 0.273. The molecule has 1 aromatic carbocycles. The maximum Gasteiger partial charge on any atom is 0.349 e. The highest BCUT2D eigenvalue weighted by atomic mass is 32.2. The van der Waals surface area contributed by atoms with Crippen LogP contribution in [0.2, 0.25) is 0 Å². The van der Waals surface area contributed by atoms with Crippen molar-refractivity contribution >= 4 is 23.4 Å². The summed E-state index contributed by atoms with van der Waals surface area (Å²) in [4.78, 5) is 33.6. The number of aromatic nitrogens is 3. The smallest absolute Gasteiger partial charge is 0.325 e. The molecule has 0 atom stereocenters. The van der Waals surface area contributed by atoms with E-state index in [1.165, 1.54) is 30.0 Å². The molecule has 8 heteroatoms. The molecule has 6 nitrogen and oxygen atoms in total. The number of benzene rings is 1. The van der Waals surface area contributed by atoms with Gasteiger partial charge in [0.15, 0.2) is 0 Å². The zero-order valence-electron chi connectivity index (χ0n) is 16.3. The van der Waals surface area contributed by atoms with Gasteiger partial charge < -0.3 is 5.32 Å².